The Morgan fingerprint density at radius 2 is 1.78 bits per heavy atom. The number of anilines is 1. The number of hydrogen-bond donors (Lipinski definition) is 1. The van der Waals surface area contributed by atoms with Crippen LogP contribution in [0.2, 0.25) is 0 Å². The SMILES string of the molecule is CCCC(C(=O)Nc1c(C)cc(C#N)cc1C)[N+](C)(C)CC.[Y]. The molecule has 0 bridgehead atoms. The second kappa shape index (κ2) is 9.52. The fourth-order valence-corrected chi connectivity index (χ4v) is 2.72. The Kier molecular flexibility index (Phi) is 9.21. The maximum atomic E-state index is 12.8. The van der Waals surface area contributed by atoms with Crippen LogP contribution >= 0.6 is 0 Å². The van der Waals surface area contributed by atoms with Gasteiger partial charge in [-0.1, -0.05) is 6.92 Å². The maximum absolute atomic E-state index is 12.8. The van der Waals surface area contributed by atoms with Crippen molar-refractivity contribution in [3.63, 3.8) is 0 Å². The van der Waals surface area contributed by atoms with Gasteiger partial charge in [0.15, 0.2) is 6.04 Å². The van der Waals surface area contributed by atoms with E-state index in [0.29, 0.717) is 10.0 Å². The summed E-state index contributed by atoms with van der Waals surface area (Å²) in [6, 6.07) is 5.72. The van der Waals surface area contributed by atoms with Crippen molar-refractivity contribution >= 4 is 11.6 Å². The van der Waals surface area contributed by atoms with Crippen LogP contribution in [0.4, 0.5) is 5.69 Å². The van der Waals surface area contributed by atoms with E-state index in [4.69, 9.17) is 5.26 Å². The molecule has 0 saturated heterocycles. The van der Waals surface area contributed by atoms with Gasteiger partial charge in [-0.15, -0.1) is 0 Å². The summed E-state index contributed by atoms with van der Waals surface area (Å²) in [6.07, 6.45) is 1.84. The van der Waals surface area contributed by atoms with Gasteiger partial charge < -0.3 is 9.80 Å². The number of nitrogens with one attached hydrogen (secondary N) is 1. The third-order valence-corrected chi connectivity index (χ3v) is 4.43. The number of hydrogen-bond acceptors (Lipinski definition) is 2. The zero-order valence-electron chi connectivity index (χ0n) is 15.2. The van der Waals surface area contributed by atoms with Crippen LogP contribution in [0.1, 0.15) is 43.4 Å². The first-order valence-electron chi connectivity index (χ1n) is 7.91. The van der Waals surface area contributed by atoms with E-state index >= 15 is 0 Å². The number of carbonyl (C=O) groups excluding carboxylic acids is 1. The molecule has 0 fully saturated rings. The van der Waals surface area contributed by atoms with Gasteiger partial charge in [-0.2, -0.15) is 5.26 Å². The van der Waals surface area contributed by atoms with E-state index in [-0.39, 0.29) is 44.7 Å². The van der Waals surface area contributed by atoms with Crippen molar-refractivity contribution < 1.29 is 42.0 Å². The van der Waals surface area contributed by atoms with Crippen molar-refractivity contribution in [3.05, 3.63) is 28.8 Å². The molecule has 1 rings (SSSR count). The van der Waals surface area contributed by atoms with E-state index in [9.17, 15) is 4.79 Å². The van der Waals surface area contributed by atoms with Gasteiger partial charge in [-0.25, -0.2) is 0 Å². The third-order valence-electron chi connectivity index (χ3n) is 4.43. The van der Waals surface area contributed by atoms with Gasteiger partial charge in [-0.05, 0) is 50.5 Å². The third kappa shape index (κ3) is 5.67. The van der Waals surface area contributed by atoms with E-state index in [1.165, 1.54) is 0 Å². The molecule has 0 aliphatic rings. The van der Waals surface area contributed by atoms with Crippen LogP contribution in [-0.2, 0) is 37.5 Å². The molecule has 0 aliphatic carbocycles. The van der Waals surface area contributed by atoms with Gasteiger partial charge in [0.2, 0.25) is 0 Å². The normalized spacial score (nSPS) is 12.0. The smallest absolute Gasteiger partial charge is 0.282 e. The molecule has 0 aromatic heterocycles. The number of aryl methyl sites for hydroxylation is 2. The molecule has 4 nitrogen and oxygen atoms in total. The van der Waals surface area contributed by atoms with Crippen LogP contribution < -0.4 is 5.32 Å². The minimum atomic E-state index is -0.0653. The predicted molar refractivity (Wildman–Crippen MR) is 90.6 cm³/mol. The number of quaternary nitrogens is 1. The second-order valence-corrected chi connectivity index (χ2v) is 6.49. The number of likely N-dealkylation sites (N-methyl/N-ethyl adjacent to an activating group) is 1. The largest absolute Gasteiger partial charge is 0.320 e. The molecule has 23 heavy (non-hydrogen) atoms. The predicted octanol–water partition coefficient (Wildman–Crippen LogP) is 3.38. The topological polar surface area (TPSA) is 52.9 Å². The summed E-state index contributed by atoms with van der Waals surface area (Å²) < 4.78 is 0.675. The van der Waals surface area contributed by atoms with Crippen LogP contribution in [0, 0.1) is 25.2 Å². The van der Waals surface area contributed by atoms with Crippen molar-refractivity contribution in [2.75, 3.05) is 26.0 Å². The van der Waals surface area contributed by atoms with Crippen molar-refractivity contribution in [2.45, 2.75) is 46.6 Å². The zero-order valence-corrected chi connectivity index (χ0v) is 18.1. The van der Waals surface area contributed by atoms with Gasteiger partial charge in [-0.3, -0.25) is 4.79 Å². The Bertz CT molecular complexity index is 567. The van der Waals surface area contributed by atoms with Crippen LogP contribution in [0.3, 0.4) is 0 Å². The van der Waals surface area contributed by atoms with Crippen LogP contribution in [0.25, 0.3) is 0 Å². The standard InChI is InChI=1S/C18H27N3O.Y/c1-7-9-16(21(5,6)8-2)18(22)20-17-13(3)10-15(12-19)11-14(17)4;/h10-11,16H,7-9H2,1-6H3;/p+1. The molecule has 0 saturated carbocycles. The van der Waals surface area contributed by atoms with E-state index < -0.39 is 0 Å². The summed E-state index contributed by atoms with van der Waals surface area (Å²) in [4.78, 5) is 12.8. The Hall–Kier alpha value is -0.756. The molecule has 1 aromatic carbocycles. The molecule has 1 aromatic rings. The number of nitrogens with zero attached hydrogens (tertiary/aromatic N) is 2. The van der Waals surface area contributed by atoms with Crippen LogP contribution in [0.15, 0.2) is 12.1 Å². The van der Waals surface area contributed by atoms with E-state index in [0.717, 1.165) is 36.2 Å². The van der Waals surface area contributed by atoms with Crippen molar-refractivity contribution in [2.24, 2.45) is 0 Å². The second-order valence-electron chi connectivity index (χ2n) is 6.49. The molecule has 0 spiro atoms. The molecule has 5 heteroatoms. The molecular formula is C18H28N3OY+. The van der Waals surface area contributed by atoms with E-state index in [1.54, 1.807) is 0 Å². The van der Waals surface area contributed by atoms with Gasteiger partial charge >= 0.3 is 0 Å². The van der Waals surface area contributed by atoms with Gasteiger partial charge in [0.1, 0.15) is 0 Å². The van der Waals surface area contributed by atoms with Crippen molar-refractivity contribution in [3.8, 4) is 6.07 Å². The maximum Gasteiger partial charge on any atom is 0.282 e. The molecule has 1 unspecified atom stereocenters. The number of carbonyl (C=O) groups is 1. The first-order chi connectivity index (χ1) is 10.3. The molecule has 0 heterocycles. The summed E-state index contributed by atoms with van der Waals surface area (Å²) in [7, 11) is 4.19. The molecule has 1 N–H and O–H groups in total. The monoisotopic (exact) mass is 391 g/mol. The Balaban J connectivity index is 0.00000484. The molecule has 1 radical (unpaired) electrons. The van der Waals surface area contributed by atoms with Crippen molar-refractivity contribution in [1.29, 1.82) is 5.26 Å². The van der Waals surface area contributed by atoms with Crippen LogP contribution in [0.5, 0.6) is 0 Å². The summed E-state index contributed by atoms with van der Waals surface area (Å²) >= 11 is 0. The minimum Gasteiger partial charge on any atom is -0.320 e. The Morgan fingerprint density at radius 3 is 2.17 bits per heavy atom. The summed E-state index contributed by atoms with van der Waals surface area (Å²) in [5.74, 6) is 0.0598. The van der Waals surface area contributed by atoms with Crippen molar-refractivity contribution in [1.82, 2.24) is 0 Å². The molecule has 1 atom stereocenters. The average Bonchev–Trinajstić information content (AvgIpc) is 2.47. The average molecular weight is 391 g/mol. The van der Waals surface area contributed by atoms with Gasteiger partial charge in [0.05, 0.1) is 32.3 Å². The first-order valence-corrected chi connectivity index (χ1v) is 7.91. The Labute approximate surface area is 165 Å². The van der Waals surface area contributed by atoms with E-state index in [2.05, 4.69) is 39.3 Å². The quantitative estimate of drug-likeness (QED) is 0.756. The summed E-state index contributed by atoms with van der Waals surface area (Å²) in [6.45, 7) is 8.97. The first kappa shape index (κ1) is 22.2. The number of amides is 1. The summed E-state index contributed by atoms with van der Waals surface area (Å²) in [5, 5.41) is 12.1. The Morgan fingerprint density at radius 1 is 1.26 bits per heavy atom. The fraction of sp³-hybridized carbons (Fsp3) is 0.556. The fourth-order valence-electron chi connectivity index (χ4n) is 2.72. The van der Waals surface area contributed by atoms with Gasteiger partial charge in [0, 0.05) is 44.8 Å². The number of benzene rings is 1. The van der Waals surface area contributed by atoms with Crippen LogP contribution in [-0.4, -0.2) is 37.1 Å². The molecule has 123 valence electrons. The van der Waals surface area contributed by atoms with Gasteiger partial charge in [0.25, 0.3) is 5.91 Å². The zero-order chi connectivity index (χ0) is 16.9. The molecule has 0 aliphatic heterocycles. The molecular weight excluding hydrogens is 363 g/mol. The summed E-state index contributed by atoms with van der Waals surface area (Å²) in [5.41, 5.74) is 3.33. The number of rotatable bonds is 6. The minimum absolute atomic E-state index is 0. The number of nitriles is 1. The molecule has 1 amide bonds. The van der Waals surface area contributed by atoms with E-state index in [1.807, 2.05) is 26.0 Å².